The summed E-state index contributed by atoms with van der Waals surface area (Å²) < 4.78 is 10.7. The van der Waals surface area contributed by atoms with Crippen LogP contribution in [0.25, 0.3) is 0 Å². The van der Waals surface area contributed by atoms with Crippen molar-refractivity contribution in [2.45, 2.75) is 6.10 Å². The molecule has 0 saturated heterocycles. The molecule has 3 nitrogen and oxygen atoms in total. The van der Waals surface area contributed by atoms with Crippen LogP contribution in [0.2, 0.25) is 0 Å². The highest BCUT2D eigenvalue weighted by atomic mass is 16.5. The Balaban J connectivity index is 3.32. The van der Waals surface area contributed by atoms with Crippen LogP contribution in [0.5, 0.6) is 0 Å². The van der Waals surface area contributed by atoms with E-state index in [1.165, 1.54) is 0 Å². The first-order chi connectivity index (χ1) is 4.35. The number of aliphatic hydroxyl groups is 2. The molecule has 0 bridgehead atoms. The van der Waals surface area contributed by atoms with E-state index in [1.54, 1.807) is 0 Å². The molecule has 0 heterocycles. The summed E-state index contributed by atoms with van der Waals surface area (Å²) in [5, 5.41) is 12.3. The van der Waals surface area contributed by atoms with E-state index in [-0.39, 0.29) is 13.2 Å². The summed E-state index contributed by atoms with van der Waals surface area (Å²) >= 11 is 0. The SMILES string of the molecule is [2H]OCC(CO)OC#C. The fourth-order valence-corrected chi connectivity index (χ4v) is 0.220. The summed E-state index contributed by atoms with van der Waals surface area (Å²) in [7, 11) is 0. The van der Waals surface area contributed by atoms with Crippen LogP contribution < -0.4 is 0 Å². The Morgan fingerprint density at radius 1 is 1.88 bits per heavy atom. The minimum atomic E-state index is -0.576. The van der Waals surface area contributed by atoms with E-state index in [2.05, 4.69) is 9.85 Å². The van der Waals surface area contributed by atoms with Crippen molar-refractivity contribution >= 4 is 0 Å². The summed E-state index contributed by atoms with van der Waals surface area (Å²) in [4.78, 5) is 0. The zero-order chi connectivity index (χ0) is 7.11. The molecule has 0 fully saturated rings. The van der Waals surface area contributed by atoms with Gasteiger partial charge in [0.25, 0.3) is 0 Å². The Morgan fingerprint density at radius 3 is 3.00 bits per heavy atom. The van der Waals surface area contributed by atoms with Crippen LogP contribution in [-0.2, 0) is 4.74 Å². The number of rotatable bonds is 4. The Bertz CT molecular complexity index is 98.9. The normalized spacial score (nSPS) is 13.8. The summed E-state index contributed by atoms with van der Waals surface area (Å²) in [6.07, 6.45) is 6.04. The highest BCUT2D eigenvalue weighted by Crippen LogP contribution is 1.84. The Kier molecular flexibility index (Phi) is 3.01. The Labute approximate surface area is 49.4 Å². The van der Waals surface area contributed by atoms with Crippen molar-refractivity contribution < 1.29 is 15.0 Å². The van der Waals surface area contributed by atoms with E-state index in [9.17, 15) is 0 Å². The molecule has 0 aliphatic carbocycles. The quantitative estimate of drug-likeness (QED) is 0.462. The molecule has 0 aromatic carbocycles. The Hall–Kier alpha value is -0.720. The van der Waals surface area contributed by atoms with Crippen LogP contribution in [0.15, 0.2) is 0 Å². The molecule has 0 aliphatic rings. The second-order valence-corrected chi connectivity index (χ2v) is 1.21. The van der Waals surface area contributed by atoms with Gasteiger partial charge in [0, 0.05) is 0 Å². The van der Waals surface area contributed by atoms with Gasteiger partial charge in [-0.2, -0.15) is 0 Å². The highest BCUT2D eigenvalue weighted by molar-refractivity contribution is 4.71. The maximum absolute atomic E-state index is 8.40. The molecule has 0 aliphatic heterocycles. The van der Waals surface area contributed by atoms with Crippen molar-refractivity contribution in [1.82, 2.24) is 0 Å². The van der Waals surface area contributed by atoms with Crippen molar-refractivity contribution in [3.05, 3.63) is 0 Å². The molecule has 0 aromatic rings. The maximum Gasteiger partial charge on any atom is 0.210 e. The number of aliphatic hydroxyl groups excluding tert-OH is 2. The van der Waals surface area contributed by atoms with Crippen LogP contribution in [0.3, 0.4) is 0 Å². The van der Waals surface area contributed by atoms with Gasteiger partial charge in [-0.1, -0.05) is 6.42 Å². The van der Waals surface area contributed by atoms with Crippen molar-refractivity contribution in [3.8, 4) is 12.5 Å². The summed E-state index contributed by atoms with van der Waals surface area (Å²) in [6.45, 7) is -0.246. The average molecular weight is 117 g/mol. The second kappa shape index (κ2) is 4.44. The van der Waals surface area contributed by atoms with Gasteiger partial charge < -0.3 is 15.0 Å². The summed E-state index contributed by atoms with van der Waals surface area (Å²) in [5.41, 5.74) is 0. The molecule has 0 rings (SSSR count). The van der Waals surface area contributed by atoms with Gasteiger partial charge in [-0.25, -0.2) is 0 Å². The lowest BCUT2D eigenvalue weighted by molar-refractivity contribution is 0.0436. The third-order valence-electron chi connectivity index (χ3n) is 0.624. The van der Waals surface area contributed by atoms with Crippen molar-refractivity contribution in [2.75, 3.05) is 13.2 Å². The lowest BCUT2D eigenvalue weighted by Gasteiger charge is -2.05. The van der Waals surface area contributed by atoms with Gasteiger partial charge in [-0.05, 0) is 0 Å². The van der Waals surface area contributed by atoms with Gasteiger partial charge in [-0.3, -0.25) is 0 Å². The molecule has 0 saturated carbocycles. The van der Waals surface area contributed by atoms with Crippen LogP contribution in [0.1, 0.15) is 0 Å². The monoisotopic (exact) mass is 117 g/mol. The predicted molar refractivity (Wildman–Crippen MR) is 27.9 cm³/mol. The fourth-order valence-electron chi connectivity index (χ4n) is 0.220. The molecular formula is C5H8O3. The highest BCUT2D eigenvalue weighted by Gasteiger charge is 2.01. The third-order valence-corrected chi connectivity index (χ3v) is 0.624. The number of terminal acetylenes is 1. The second-order valence-electron chi connectivity index (χ2n) is 1.21. The van der Waals surface area contributed by atoms with E-state index in [1.807, 2.05) is 6.11 Å². The number of ether oxygens (including phenoxy) is 1. The first-order valence-electron chi connectivity index (χ1n) is 2.56. The predicted octanol–water partition coefficient (Wildman–Crippen LogP) is -1.05. The van der Waals surface area contributed by atoms with Crippen LogP contribution in [-0.4, -0.2) is 31.0 Å². The van der Waals surface area contributed by atoms with Gasteiger partial charge in [-0.15, -0.1) is 0 Å². The molecule has 0 aromatic heterocycles. The van der Waals surface area contributed by atoms with Gasteiger partial charge in [0.2, 0.25) is 1.43 Å². The van der Waals surface area contributed by atoms with Crippen LogP contribution in [0, 0.1) is 12.5 Å². The van der Waals surface area contributed by atoms with E-state index in [4.69, 9.17) is 13.0 Å². The summed E-state index contributed by atoms with van der Waals surface area (Å²) in [6, 6.07) is 0. The zero-order valence-electron chi connectivity index (χ0n) is 5.33. The molecule has 0 spiro atoms. The first kappa shape index (κ1) is 5.42. The van der Waals surface area contributed by atoms with E-state index < -0.39 is 6.10 Å². The number of hydrogen-bond donors (Lipinski definition) is 2. The van der Waals surface area contributed by atoms with Gasteiger partial charge >= 0.3 is 0 Å². The average Bonchev–Trinajstić information content (AvgIpc) is 1.88. The standard InChI is InChI=1S/C5H8O3/c1-2-8-5(3-6)4-7/h1,5-7H,3-4H2/i6D. The molecular weight excluding hydrogens is 108 g/mol. The summed E-state index contributed by atoms with van der Waals surface area (Å²) in [5.74, 6) is 0. The lowest BCUT2D eigenvalue weighted by atomic mass is 10.4. The largest absolute Gasteiger partial charge is 0.439 e. The van der Waals surface area contributed by atoms with Gasteiger partial charge in [0.05, 0.1) is 13.2 Å². The first-order valence-corrected chi connectivity index (χ1v) is 2.15. The van der Waals surface area contributed by atoms with Crippen molar-refractivity contribution in [1.29, 1.82) is 1.43 Å². The van der Waals surface area contributed by atoms with Crippen LogP contribution >= 0.6 is 0 Å². The molecule has 46 valence electrons. The van der Waals surface area contributed by atoms with Crippen LogP contribution in [0.4, 0.5) is 0 Å². The molecule has 3 heteroatoms. The Morgan fingerprint density at radius 2 is 2.62 bits per heavy atom. The van der Waals surface area contributed by atoms with E-state index in [0.717, 1.165) is 0 Å². The molecule has 0 radical (unpaired) electrons. The molecule has 1 atom stereocenters. The smallest absolute Gasteiger partial charge is 0.210 e. The fraction of sp³-hybridized carbons (Fsp3) is 0.600. The van der Waals surface area contributed by atoms with E-state index in [0.29, 0.717) is 0 Å². The van der Waals surface area contributed by atoms with Gasteiger partial charge in [0.15, 0.2) is 6.10 Å². The molecule has 1 unspecified atom stereocenters. The van der Waals surface area contributed by atoms with E-state index >= 15 is 0 Å². The minimum absolute atomic E-state index is 0.0132. The topological polar surface area (TPSA) is 49.7 Å². The maximum atomic E-state index is 8.40. The van der Waals surface area contributed by atoms with Crippen molar-refractivity contribution in [3.63, 3.8) is 0 Å². The molecule has 8 heavy (non-hydrogen) atoms. The van der Waals surface area contributed by atoms with Gasteiger partial charge in [0.1, 0.15) is 6.11 Å². The minimum Gasteiger partial charge on any atom is -0.439 e. The lowest BCUT2D eigenvalue weighted by Crippen LogP contribution is -2.19. The molecule has 0 amide bonds. The number of hydrogen-bond acceptors (Lipinski definition) is 3. The van der Waals surface area contributed by atoms with Crippen molar-refractivity contribution in [2.24, 2.45) is 0 Å². The zero-order valence-corrected chi connectivity index (χ0v) is 4.33. The third kappa shape index (κ3) is 2.45. The molecule has 2 N–H and O–H groups in total.